The van der Waals surface area contributed by atoms with Crippen LogP contribution in [0.3, 0.4) is 0 Å². The van der Waals surface area contributed by atoms with Gasteiger partial charge < -0.3 is 0 Å². The van der Waals surface area contributed by atoms with Crippen molar-refractivity contribution in [3.8, 4) is 0 Å². The average molecular weight is 506 g/mol. The van der Waals surface area contributed by atoms with Gasteiger partial charge >= 0.3 is 0 Å². The van der Waals surface area contributed by atoms with Crippen molar-refractivity contribution < 1.29 is 14.5 Å². The molecule has 1 heterocycles. The third-order valence-electron chi connectivity index (χ3n) is 6.81. The minimum absolute atomic E-state index is 0.189. The zero-order valence-corrected chi connectivity index (χ0v) is 21.0. The van der Waals surface area contributed by atoms with Gasteiger partial charge in [-0.05, 0) is 60.9 Å². The zero-order valence-electron chi connectivity index (χ0n) is 20.3. The van der Waals surface area contributed by atoms with Crippen LogP contribution in [-0.2, 0) is 9.59 Å². The number of hydrazine groups is 1. The molecular weight excluding hydrogens is 478 g/mol. The molecule has 0 saturated carbocycles. The second-order valence-corrected chi connectivity index (χ2v) is 9.49. The number of hydrogen-bond acceptors (Lipinski definition) is 4. The number of para-hydroxylation sites is 2. The molecule has 3 aromatic carbocycles. The van der Waals surface area contributed by atoms with E-state index in [0.29, 0.717) is 33.9 Å². The highest BCUT2D eigenvalue weighted by Crippen LogP contribution is 2.51. The van der Waals surface area contributed by atoms with E-state index in [9.17, 15) is 19.7 Å². The maximum Gasteiger partial charge on any atom is 0.262 e. The molecule has 1 fully saturated rings. The van der Waals surface area contributed by atoms with Crippen molar-refractivity contribution in [1.29, 1.82) is 0 Å². The van der Waals surface area contributed by atoms with Crippen LogP contribution in [0.1, 0.15) is 43.2 Å². The molecule has 1 saturated heterocycles. The van der Waals surface area contributed by atoms with Gasteiger partial charge in [0.05, 0.1) is 17.3 Å². The molecule has 0 aromatic heterocycles. The largest absolute Gasteiger partial charge is 0.271 e. The highest BCUT2D eigenvalue weighted by atomic mass is 35.5. The zero-order chi connectivity index (χ0) is 25.9. The van der Waals surface area contributed by atoms with Gasteiger partial charge in [-0.25, -0.2) is 10.0 Å². The summed E-state index contributed by atoms with van der Waals surface area (Å²) in [6, 6.07) is 22.9. The normalized spacial score (nSPS) is 15.9. The number of halogens is 1. The van der Waals surface area contributed by atoms with E-state index >= 15 is 0 Å². The van der Waals surface area contributed by atoms with E-state index in [2.05, 4.69) is 0 Å². The van der Waals surface area contributed by atoms with Gasteiger partial charge in [-0.3, -0.25) is 19.7 Å². The molecule has 0 aliphatic carbocycles. The molecule has 0 spiro atoms. The molecule has 36 heavy (non-hydrogen) atoms. The highest BCUT2D eigenvalue weighted by Gasteiger charge is 2.64. The second-order valence-electron chi connectivity index (χ2n) is 9.05. The fourth-order valence-corrected chi connectivity index (χ4v) is 5.32. The number of nitrogens with zero attached hydrogens (tertiary/aromatic N) is 3. The second kappa shape index (κ2) is 10.5. The van der Waals surface area contributed by atoms with Crippen LogP contribution in [0.15, 0.2) is 78.9 Å². The number of benzene rings is 3. The van der Waals surface area contributed by atoms with Crippen molar-refractivity contribution in [3.05, 3.63) is 105 Å². The van der Waals surface area contributed by atoms with Crippen molar-refractivity contribution in [2.75, 3.05) is 16.6 Å². The molecule has 1 aliphatic heterocycles. The van der Waals surface area contributed by atoms with E-state index < -0.39 is 34.6 Å². The van der Waals surface area contributed by atoms with Crippen LogP contribution >= 0.6 is 11.6 Å². The molecule has 4 rings (SSSR count). The third kappa shape index (κ3) is 4.46. The Morgan fingerprint density at radius 1 is 0.917 bits per heavy atom. The van der Waals surface area contributed by atoms with E-state index in [4.69, 9.17) is 11.6 Å². The van der Waals surface area contributed by atoms with Crippen LogP contribution in [-0.4, -0.2) is 23.3 Å². The van der Waals surface area contributed by atoms with Crippen LogP contribution in [0.4, 0.5) is 11.4 Å². The van der Waals surface area contributed by atoms with Crippen LogP contribution in [0.2, 0.25) is 5.02 Å². The molecule has 0 unspecified atom stereocenters. The number of carbonyl (C=O) groups is 2. The summed E-state index contributed by atoms with van der Waals surface area (Å²) in [6.07, 6.45) is 1.47. The molecule has 7 nitrogen and oxygen atoms in total. The van der Waals surface area contributed by atoms with Gasteiger partial charge in [-0.1, -0.05) is 73.8 Å². The fraction of sp³-hybridized carbons (Fsp3) is 0.286. The van der Waals surface area contributed by atoms with Crippen molar-refractivity contribution in [2.24, 2.45) is 5.41 Å². The number of unbranched alkanes of at least 4 members (excludes halogenated alkanes) is 1. The first-order valence-electron chi connectivity index (χ1n) is 12.0. The van der Waals surface area contributed by atoms with Gasteiger partial charge in [0.15, 0.2) is 0 Å². The third-order valence-corrected chi connectivity index (χ3v) is 7.04. The van der Waals surface area contributed by atoms with E-state index in [1.54, 1.807) is 73.7 Å². The van der Waals surface area contributed by atoms with E-state index in [1.807, 2.05) is 19.1 Å². The minimum Gasteiger partial charge on any atom is -0.271 e. The predicted octanol–water partition coefficient (Wildman–Crippen LogP) is 6.18. The Labute approximate surface area is 215 Å². The average Bonchev–Trinajstić information content (AvgIpc) is 3.09. The van der Waals surface area contributed by atoms with Gasteiger partial charge in [0.1, 0.15) is 5.41 Å². The smallest absolute Gasteiger partial charge is 0.262 e. The van der Waals surface area contributed by atoms with Gasteiger partial charge in [-0.15, -0.1) is 0 Å². The van der Waals surface area contributed by atoms with E-state index in [-0.39, 0.29) is 6.42 Å². The molecule has 0 N–H and O–H groups in total. The molecule has 3 aromatic rings. The predicted molar refractivity (Wildman–Crippen MR) is 141 cm³/mol. The summed E-state index contributed by atoms with van der Waals surface area (Å²) >= 11 is 6.18. The molecule has 8 heteroatoms. The number of nitro groups is 1. The Morgan fingerprint density at radius 3 is 1.89 bits per heavy atom. The summed E-state index contributed by atoms with van der Waals surface area (Å²) in [7, 11) is 0. The molecule has 0 radical (unpaired) electrons. The summed E-state index contributed by atoms with van der Waals surface area (Å²) in [5, 5.41) is 15.2. The van der Waals surface area contributed by atoms with Gasteiger partial charge in [0.2, 0.25) is 6.54 Å². The van der Waals surface area contributed by atoms with Gasteiger partial charge in [0, 0.05) is 9.95 Å². The number of amides is 2. The number of hydrogen-bond donors (Lipinski definition) is 0. The standard InChI is InChI=1S/C28H28ClN3O4/c1-3-4-17-28(25(19-30(35)36)24-16-15-21(29)18-20(24)2)26(33)31(22-11-7-5-8-12-22)32(27(28)34)23-13-9-6-10-14-23/h5-16,18,25H,3-4,17,19H2,1-2H3/t25-/m0/s1. The number of aryl methyl sites for hydroxylation is 1. The first kappa shape index (κ1) is 25.4. The lowest BCUT2D eigenvalue weighted by Crippen LogP contribution is -2.45. The Hall–Kier alpha value is -3.71. The minimum atomic E-state index is -1.66. The molecule has 186 valence electrons. The summed E-state index contributed by atoms with van der Waals surface area (Å²) < 4.78 is 0. The Morgan fingerprint density at radius 2 is 1.44 bits per heavy atom. The SMILES string of the molecule is CCCCC1([C@@H](C[N+](=O)[O-])c2ccc(Cl)cc2C)C(=O)N(c2ccccc2)N(c2ccccc2)C1=O. The van der Waals surface area contributed by atoms with Crippen LogP contribution in [0, 0.1) is 22.5 Å². The van der Waals surface area contributed by atoms with Gasteiger partial charge in [0.25, 0.3) is 11.8 Å². The Bertz CT molecular complexity index is 1210. The van der Waals surface area contributed by atoms with Crippen LogP contribution in [0.5, 0.6) is 0 Å². The Balaban J connectivity index is 1.99. The molecular formula is C28H28ClN3O4. The maximum absolute atomic E-state index is 14.5. The fourth-order valence-electron chi connectivity index (χ4n) is 5.10. The Kier molecular flexibility index (Phi) is 7.40. The molecule has 1 aliphatic rings. The van der Waals surface area contributed by atoms with Gasteiger partial charge in [-0.2, -0.15) is 0 Å². The number of carbonyl (C=O) groups excluding carboxylic acids is 2. The summed E-state index contributed by atoms with van der Waals surface area (Å²) in [4.78, 5) is 40.6. The molecule has 1 atom stereocenters. The van der Waals surface area contributed by atoms with Crippen molar-refractivity contribution in [1.82, 2.24) is 0 Å². The van der Waals surface area contributed by atoms with Crippen LogP contribution in [0.25, 0.3) is 0 Å². The molecule has 2 amide bonds. The monoisotopic (exact) mass is 505 g/mol. The summed E-state index contributed by atoms with van der Waals surface area (Å²) in [5.74, 6) is -1.90. The van der Waals surface area contributed by atoms with Crippen molar-refractivity contribution in [2.45, 2.75) is 39.0 Å². The highest BCUT2D eigenvalue weighted by molar-refractivity contribution is 6.30. The van der Waals surface area contributed by atoms with Crippen LogP contribution < -0.4 is 10.0 Å². The number of anilines is 2. The maximum atomic E-state index is 14.5. The first-order chi connectivity index (χ1) is 17.3. The quantitative estimate of drug-likeness (QED) is 0.197. The van der Waals surface area contributed by atoms with Crippen molar-refractivity contribution >= 4 is 34.8 Å². The molecule has 0 bridgehead atoms. The lowest BCUT2D eigenvalue weighted by molar-refractivity contribution is -0.485. The van der Waals surface area contributed by atoms with E-state index in [0.717, 1.165) is 6.42 Å². The van der Waals surface area contributed by atoms with Crippen molar-refractivity contribution in [3.63, 3.8) is 0 Å². The summed E-state index contributed by atoms with van der Waals surface area (Å²) in [5.41, 5.74) is 0.663. The summed E-state index contributed by atoms with van der Waals surface area (Å²) in [6.45, 7) is 3.21. The first-order valence-corrected chi connectivity index (χ1v) is 12.4. The topological polar surface area (TPSA) is 83.8 Å². The lowest BCUT2D eigenvalue weighted by atomic mass is 9.67. The number of rotatable bonds is 9. The van der Waals surface area contributed by atoms with E-state index in [1.165, 1.54) is 10.0 Å². The lowest BCUT2D eigenvalue weighted by Gasteiger charge is -2.32.